The van der Waals surface area contributed by atoms with Gasteiger partial charge in [-0.1, -0.05) is 12.1 Å². The van der Waals surface area contributed by atoms with Gasteiger partial charge in [0, 0.05) is 25.0 Å². The number of carboxylic acids is 2. The number of hydrogen-bond donors (Lipinski definition) is 8. The maximum Gasteiger partial charge on any atom is 0.335 e. The summed E-state index contributed by atoms with van der Waals surface area (Å²) in [7, 11) is 0. The van der Waals surface area contributed by atoms with Crippen molar-refractivity contribution in [2.75, 3.05) is 0 Å². The molecular formula is C31H32O16. The van der Waals surface area contributed by atoms with Crippen molar-refractivity contribution in [2.45, 2.75) is 62.1 Å². The maximum atomic E-state index is 12.9. The number of ether oxygens (including phenoxy) is 3. The molecular weight excluding hydrogens is 628 g/mol. The van der Waals surface area contributed by atoms with Crippen LogP contribution < -0.4 is 0 Å². The molecule has 1 aliphatic rings. The molecule has 0 aliphatic heterocycles. The second kappa shape index (κ2) is 14.7. The summed E-state index contributed by atoms with van der Waals surface area (Å²) < 4.78 is 16.0. The van der Waals surface area contributed by atoms with E-state index in [0.717, 1.165) is 55.5 Å². The Morgan fingerprint density at radius 3 is 1.60 bits per heavy atom. The van der Waals surface area contributed by atoms with Crippen molar-refractivity contribution in [3.8, 4) is 23.0 Å². The summed E-state index contributed by atoms with van der Waals surface area (Å²) in [5.41, 5.74) is -4.32. The van der Waals surface area contributed by atoms with Crippen LogP contribution in [0, 0.1) is 0 Å². The van der Waals surface area contributed by atoms with E-state index >= 15 is 0 Å². The number of carbonyl (C=O) groups excluding carboxylic acids is 3. The zero-order valence-electron chi connectivity index (χ0n) is 24.7. The van der Waals surface area contributed by atoms with Crippen LogP contribution in [0.15, 0.2) is 48.6 Å². The van der Waals surface area contributed by atoms with Gasteiger partial charge in [0.05, 0.1) is 18.4 Å². The Kier molecular flexibility index (Phi) is 11.2. The minimum atomic E-state index is -2.67. The first-order valence-corrected chi connectivity index (χ1v) is 13.8. The van der Waals surface area contributed by atoms with Gasteiger partial charge in [-0.2, -0.15) is 0 Å². The standard InChI is InChI=1S/C31H32O16/c1-30(43,14-24(36)37)15-27(40)47-28-22(45-25(38)8-4-16-2-6-18(32)20(34)10-16)12-31(44,29(41)42)13-23(28)46-26(39)9-5-17-3-7-19(33)21(35)11-17/h2-11,22-23,28,32-35,43-44H,12-15H2,1H3,(H,36,37)(H,41,42)/t22-,23-,28?,30-,31?/m1/s1. The summed E-state index contributed by atoms with van der Waals surface area (Å²) in [5.74, 6) is -8.63. The third kappa shape index (κ3) is 10.2. The maximum absolute atomic E-state index is 12.9. The minimum Gasteiger partial charge on any atom is -0.504 e. The van der Waals surface area contributed by atoms with Crippen LogP contribution in [0.1, 0.15) is 43.7 Å². The number of phenolic OH excluding ortho intramolecular Hbond substituents is 4. The Morgan fingerprint density at radius 1 is 0.766 bits per heavy atom. The van der Waals surface area contributed by atoms with Crippen molar-refractivity contribution < 1.29 is 79.0 Å². The molecule has 0 spiro atoms. The van der Waals surface area contributed by atoms with Gasteiger partial charge in [0.25, 0.3) is 0 Å². The summed E-state index contributed by atoms with van der Waals surface area (Å²) in [6.07, 6.45) is -4.81. The molecule has 3 rings (SSSR count). The molecule has 0 radical (unpaired) electrons. The van der Waals surface area contributed by atoms with E-state index < -0.39 is 108 Å². The Balaban J connectivity index is 1.92. The van der Waals surface area contributed by atoms with E-state index in [2.05, 4.69) is 0 Å². The summed E-state index contributed by atoms with van der Waals surface area (Å²) in [6, 6.07) is 7.16. The van der Waals surface area contributed by atoms with Gasteiger partial charge in [-0.3, -0.25) is 9.59 Å². The van der Waals surface area contributed by atoms with Crippen molar-refractivity contribution in [3.63, 3.8) is 0 Å². The van der Waals surface area contributed by atoms with Crippen LogP contribution in [0.5, 0.6) is 23.0 Å². The number of hydrogen-bond acceptors (Lipinski definition) is 14. The molecule has 8 N–H and O–H groups in total. The number of rotatable bonds is 12. The van der Waals surface area contributed by atoms with Gasteiger partial charge >= 0.3 is 29.8 Å². The van der Waals surface area contributed by atoms with Gasteiger partial charge in [-0.05, 0) is 54.5 Å². The second-order valence-electron chi connectivity index (χ2n) is 11.1. The van der Waals surface area contributed by atoms with E-state index in [4.69, 9.17) is 19.3 Å². The molecule has 3 atom stereocenters. The van der Waals surface area contributed by atoms with Crippen molar-refractivity contribution in [2.24, 2.45) is 0 Å². The molecule has 47 heavy (non-hydrogen) atoms. The first-order chi connectivity index (χ1) is 21.9. The van der Waals surface area contributed by atoms with Crippen molar-refractivity contribution in [3.05, 3.63) is 59.7 Å². The van der Waals surface area contributed by atoms with Crippen LogP contribution in [0.2, 0.25) is 0 Å². The molecule has 0 bridgehead atoms. The van der Waals surface area contributed by atoms with Crippen molar-refractivity contribution in [1.82, 2.24) is 0 Å². The number of aliphatic hydroxyl groups is 2. The molecule has 0 amide bonds. The number of carboxylic acid groups (broad SMARTS) is 2. The molecule has 1 saturated carbocycles. The third-order valence-corrected chi connectivity index (χ3v) is 6.89. The molecule has 1 fully saturated rings. The fourth-order valence-electron chi connectivity index (χ4n) is 4.65. The van der Waals surface area contributed by atoms with Crippen LogP contribution in [0.3, 0.4) is 0 Å². The van der Waals surface area contributed by atoms with Crippen LogP contribution in [0.4, 0.5) is 0 Å². The summed E-state index contributed by atoms with van der Waals surface area (Å²) in [6.45, 7) is 1.04. The number of carbonyl (C=O) groups is 5. The van der Waals surface area contributed by atoms with Gasteiger partial charge in [0.15, 0.2) is 34.7 Å². The quantitative estimate of drug-likeness (QED) is 0.0687. The topological polar surface area (TPSA) is 275 Å². The summed E-state index contributed by atoms with van der Waals surface area (Å²) in [4.78, 5) is 61.6. The number of benzene rings is 2. The molecule has 0 saturated heterocycles. The minimum absolute atomic E-state index is 0.229. The lowest BCUT2D eigenvalue weighted by molar-refractivity contribution is -0.214. The van der Waals surface area contributed by atoms with Crippen molar-refractivity contribution >= 4 is 42.0 Å². The van der Waals surface area contributed by atoms with Crippen LogP contribution >= 0.6 is 0 Å². The lowest BCUT2D eigenvalue weighted by Gasteiger charge is -2.42. The zero-order chi connectivity index (χ0) is 35.1. The van der Waals surface area contributed by atoms with Gasteiger partial charge in [0.2, 0.25) is 0 Å². The second-order valence-corrected chi connectivity index (χ2v) is 11.1. The molecule has 16 heteroatoms. The highest BCUT2D eigenvalue weighted by molar-refractivity contribution is 5.88. The van der Waals surface area contributed by atoms with Gasteiger partial charge in [0.1, 0.15) is 12.2 Å². The molecule has 2 aromatic rings. The molecule has 16 nitrogen and oxygen atoms in total. The predicted octanol–water partition coefficient (Wildman–Crippen LogP) is 1.20. The Hall–Kier alpha value is -5.61. The number of aliphatic carboxylic acids is 2. The van der Waals surface area contributed by atoms with E-state index in [-0.39, 0.29) is 11.1 Å². The fourth-order valence-corrected chi connectivity index (χ4v) is 4.65. The van der Waals surface area contributed by atoms with E-state index in [9.17, 15) is 59.7 Å². The number of phenols is 4. The zero-order valence-corrected chi connectivity index (χ0v) is 24.7. The van der Waals surface area contributed by atoms with Crippen LogP contribution in [-0.2, 0) is 38.2 Å². The average molecular weight is 661 g/mol. The van der Waals surface area contributed by atoms with Gasteiger partial charge < -0.3 is 55.1 Å². The van der Waals surface area contributed by atoms with E-state index in [1.807, 2.05) is 0 Å². The van der Waals surface area contributed by atoms with Crippen molar-refractivity contribution in [1.29, 1.82) is 0 Å². The number of esters is 3. The number of aromatic hydroxyl groups is 4. The van der Waals surface area contributed by atoms with Gasteiger partial charge in [-0.15, -0.1) is 0 Å². The normalized spacial score (nSPS) is 22.3. The van der Waals surface area contributed by atoms with Gasteiger partial charge in [-0.25, -0.2) is 14.4 Å². The van der Waals surface area contributed by atoms with Crippen LogP contribution in [0.25, 0.3) is 12.2 Å². The molecule has 2 aromatic carbocycles. The monoisotopic (exact) mass is 660 g/mol. The molecule has 1 aliphatic carbocycles. The lowest BCUT2D eigenvalue weighted by atomic mass is 9.79. The predicted molar refractivity (Wildman–Crippen MR) is 157 cm³/mol. The summed E-state index contributed by atoms with van der Waals surface area (Å²) >= 11 is 0. The smallest absolute Gasteiger partial charge is 0.335 e. The van der Waals surface area contributed by atoms with Crippen LogP contribution in [-0.4, -0.2) is 100 Å². The fraction of sp³-hybridized carbons (Fsp3) is 0.323. The molecule has 0 aromatic heterocycles. The highest BCUT2D eigenvalue weighted by Gasteiger charge is 2.54. The van der Waals surface area contributed by atoms with E-state index in [1.165, 1.54) is 12.1 Å². The SMILES string of the molecule is C[C@@](O)(CC(=O)O)CC(=O)OC1[C@H](OC(=O)C=Cc2ccc(O)c(O)c2)CC(O)(C(=O)O)C[C@H]1OC(=O)C=Cc1ccc(O)c(O)c1. The highest BCUT2D eigenvalue weighted by atomic mass is 16.6. The Morgan fingerprint density at radius 2 is 1.21 bits per heavy atom. The largest absolute Gasteiger partial charge is 0.504 e. The van der Waals surface area contributed by atoms with E-state index in [1.54, 1.807) is 0 Å². The first-order valence-electron chi connectivity index (χ1n) is 13.8. The Bertz CT molecular complexity index is 1500. The molecule has 0 unspecified atom stereocenters. The Labute approximate surface area is 266 Å². The summed E-state index contributed by atoms with van der Waals surface area (Å²) in [5, 5.41) is 78.3. The average Bonchev–Trinajstić information content (AvgIpc) is 2.95. The third-order valence-electron chi connectivity index (χ3n) is 6.89. The molecule has 0 heterocycles. The lowest BCUT2D eigenvalue weighted by Crippen LogP contribution is -2.59. The highest BCUT2D eigenvalue weighted by Crippen LogP contribution is 2.36. The first kappa shape index (κ1) is 35.9. The van der Waals surface area contributed by atoms with E-state index in [0.29, 0.717) is 0 Å². The molecule has 252 valence electrons.